The van der Waals surface area contributed by atoms with E-state index in [4.69, 9.17) is 0 Å². The number of halogens is 1. The quantitative estimate of drug-likeness (QED) is 0.149. The molecule has 170 valence electrons. The van der Waals surface area contributed by atoms with Crippen LogP contribution in [0.4, 0.5) is 5.69 Å². The molecule has 0 bridgehead atoms. The van der Waals surface area contributed by atoms with Crippen LogP contribution < -0.4 is 5.43 Å². The second-order valence-corrected chi connectivity index (χ2v) is 8.78. The van der Waals surface area contributed by atoms with Gasteiger partial charge in [-0.25, -0.2) is 5.43 Å². The molecular formula is C23H17BrN6O3S. The van der Waals surface area contributed by atoms with E-state index in [1.54, 1.807) is 12.1 Å². The number of para-hydroxylation sites is 1. The molecule has 0 fully saturated rings. The zero-order valence-electron chi connectivity index (χ0n) is 17.5. The van der Waals surface area contributed by atoms with E-state index in [2.05, 4.69) is 36.7 Å². The van der Waals surface area contributed by atoms with Crippen LogP contribution in [0.15, 0.2) is 93.6 Å². The minimum Gasteiger partial charge on any atom is -0.272 e. The summed E-state index contributed by atoms with van der Waals surface area (Å²) in [6.45, 7) is 0. The number of rotatable bonds is 8. The number of nitro benzene ring substituents is 1. The Balaban J connectivity index is 1.48. The lowest BCUT2D eigenvalue weighted by atomic mass is 10.2. The lowest BCUT2D eigenvalue weighted by molar-refractivity contribution is -0.384. The summed E-state index contributed by atoms with van der Waals surface area (Å²) in [6, 6.07) is 23.4. The molecule has 11 heteroatoms. The highest BCUT2D eigenvalue weighted by Gasteiger charge is 2.17. The maximum Gasteiger partial charge on any atom is 0.270 e. The van der Waals surface area contributed by atoms with Gasteiger partial charge >= 0.3 is 0 Å². The lowest BCUT2D eigenvalue weighted by Gasteiger charge is -2.10. The predicted octanol–water partition coefficient (Wildman–Crippen LogP) is 4.85. The number of carbonyl (C=O) groups excluding carboxylic acids is 1. The maximum absolute atomic E-state index is 12.3. The van der Waals surface area contributed by atoms with Gasteiger partial charge in [-0.2, -0.15) is 5.10 Å². The first kappa shape index (κ1) is 23.3. The average Bonchev–Trinajstić information content (AvgIpc) is 3.27. The average molecular weight is 537 g/mol. The van der Waals surface area contributed by atoms with Gasteiger partial charge in [-0.1, -0.05) is 70.2 Å². The van der Waals surface area contributed by atoms with Crippen LogP contribution in [0.3, 0.4) is 0 Å². The second kappa shape index (κ2) is 10.9. The lowest BCUT2D eigenvalue weighted by Crippen LogP contribution is -2.20. The predicted molar refractivity (Wildman–Crippen MR) is 134 cm³/mol. The topological polar surface area (TPSA) is 115 Å². The number of hydrogen-bond donors (Lipinski definition) is 1. The van der Waals surface area contributed by atoms with Crippen LogP contribution in [0.2, 0.25) is 0 Å². The standard InChI is InChI=1S/C23H17BrN6O3S/c24-18-8-5-7-17(13-18)22-27-28-23(29(22)19-9-2-1-3-10-19)34-15-21(31)26-25-14-16-6-4-11-20(12-16)30(32)33/h1-14H,15H2,(H,26,31). The zero-order valence-corrected chi connectivity index (χ0v) is 19.9. The number of benzene rings is 3. The number of non-ortho nitro benzene ring substituents is 1. The summed E-state index contributed by atoms with van der Waals surface area (Å²) in [4.78, 5) is 22.7. The van der Waals surface area contributed by atoms with Gasteiger partial charge in [0.25, 0.3) is 11.6 Å². The van der Waals surface area contributed by atoms with Gasteiger partial charge in [-0.15, -0.1) is 10.2 Å². The molecule has 0 saturated heterocycles. The van der Waals surface area contributed by atoms with Crippen molar-refractivity contribution in [2.75, 3.05) is 5.75 Å². The smallest absolute Gasteiger partial charge is 0.270 e. The number of hydrazone groups is 1. The van der Waals surface area contributed by atoms with Gasteiger partial charge in [0, 0.05) is 33.4 Å². The Hall–Kier alpha value is -3.83. The third kappa shape index (κ3) is 5.74. The Labute approximate surface area is 207 Å². The van der Waals surface area contributed by atoms with E-state index < -0.39 is 4.92 Å². The van der Waals surface area contributed by atoms with E-state index in [-0.39, 0.29) is 17.3 Å². The molecule has 4 aromatic rings. The molecule has 0 spiro atoms. The third-order valence-corrected chi connectivity index (χ3v) is 5.97. The molecule has 9 nitrogen and oxygen atoms in total. The number of amides is 1. The molecule has 0 aliphatic rings. The van der Waals surface area contributed by atoms with Crippen LogP contribution in [-0.2, 0) is 4.79 Å². The first-order valence-electron chi connectivity index (χ1n) is 9.97. The molecule has 4 rings (SSSR count). The molecule has 0 radical (unpaired) electrons. The Bertz CT molecular complexity index is 1360. The zero-order chi connectivity index (χ0) is 23.9. The van der Waals surface area contributed by atoms with Gasteiger partial charge in [0.15, 0.2) is 11.0 Å². The molecule has 0 atom stereocenters. The van der Waals surface area contributed by atoms with E-state index in [0.717, 1.165) is 15.7 Å². The highest BCUT2D eigenvalue weighted by Crippen LogP contribution is 2.29. The van der Waals surface area contributed by atoms with Gasteiger partial charge in [0.2, 0.25) is 0 Å². The summed E-state index contributed by atoms with van der Waals surface area (Å²) in [5.74, 6) is 0.354. The number of nitrogens with one attached hydrogen (secondary N) is 1. The van der Waals surface area contributed by atoms with Gasteiger partial charge in [0.05, 0.1) is 16.9 Å². The molecule has 1 heterocycles. The van der Waals surface area contributed by atoms with Crippen molar-refractivity contribution in [1.82, 2.24) is 20.2 Å². The van der Waals surface area contributed by atoms with Crippen molar-refractivity contribution in [3.8, 4) is 17.1 Å². The van der Waals surface area contributed by atoms with E-state index in [1.165, 1.54) is 30.1 Å². The number of aromatic nitrogens is 3. The SMILES string of the molecule is O=C(CSc1nnc(-c2cccc(Br)c2)n1-c1ccccc1)NN=Cc1cccc([N+](=O)[O-])c1. The van der Waals surface area contributed by atoms with Crippen molar-refractivity contribution in [1.29, 1.82) is 0 Å². The summed E-state index contributed by atoms with van der Waals surface area (Å²) in [5.41, 5.74) is 4.63. The third-order valence-electron chi connectivity index (χ3n) is 4.55. The van der Waals surface area contributed by atoms with Crippen LogP contribution in [0, 0.1) is 10.1 Å². The number of carbonyl (C=O) groups is 1. The van der Waals surface area contributed by atoms with E-state index >= 15 is 0 Å². The molecule has 3 aromatic carbocycles. The largest absolute Gasteiger partial charge is 0.272 e. The molecule has 0 unspecified atom stereocenters. The van der Waals surface area contributed by atoms with E-state index in [9.17, 15) is 14.9 Å². The first-order chi connectivity index (χ1) is 16.5. The van der Waals surface area contributed by atoms with Gasteiger partial charge in [-0.05, 0) is 24.3 Å². The summed E-state index contributed by atoms with van der Waals surface area (Å²) in [6.07, 6.45) is 1.35. The van der Waals surface area contributed by atoms with Gasteiger partial charge in [0.1, 0.15) is 0 Å². The Morgan fingerprint density at radius 2 is 1.88 bits per heavy atom. The van der Waals surface area contributed by atoms with Crippen LogP contribution in [0.1, 0.15) is 5.56 Å². The first-order valence-corrected chi connectivity index (χ1v) is 11.7. The van der Waals surface area contributed by atoms with Crippen molar-refractivity contribution in [2.45, 2.75) is 5.16 Å². The molecule has 0 aliphatic carbocycles. The minimum absolute atomic E-state index is 0.0488. The second-order valence-electron chi connectivity index (χ2n) is 6.92. The van der Waals surface area contributed by atoms with Crippen LogP contribution in [-0.4, -0.2) is 37.6 Å². The number of thioether (sulfide) groups is 1. The number of hydrogen-bond acceptors (Lipinski definition) is 7. The number of nitrogens with zero attached hydrogens (tertiary/aromatic N) is 5. The Morgan fingerprint density at radius 3 is 2.65 bits per heavy atom. The van der Waals surface area contributed by atoms with Crippen molar-refractivity contribution in [2.24, 2.45) is 5.10 Å². The maximum atomic E-state index is 12.3. The van der Waals surface area contributed by atoms with Crippen molar-refractivity contribution in [3.05, 3.63) is 99.0 Å². The fraction of sp³-hybridized carbons (Fsp3) is 0.0435. The summed E-state index contributed by atoms with van der Waals surface area (Å²) in [7, 11) is 0. The molecule has 1 aromatic heterocycles. The molecule has 0 aliphatic heterocycles. The van der Waals surface area contributed by atoms with Crippen LogP contribution in [0.25, 0.3) is 17.1 Å². The molecular weight excluding hydrogens is 520 g/mol. The Morgan fingerprint density at radius 1 is 1.09 bits per heavy atom. The number of nitro groups is 1. The highest BCUT2D eigenvalue weighted by atomic mass is 79.9. The van der Waals surface area contributed by atoms with Crippen molar-refractivity contribution >= 4 is 45.5 Å². The van der Waals surface area contributed by atoms with E-state index in [1.807, 2.05) is 59.2 Å². The fourth-order valence-corrected chi connectivity index (χ4v) is 4.19. The van der Waals surface area contributed by atoms with E-state index in [0.29, 0.717) is 16.5 Å². The molecule has 1 amide bonds. The van der Waals surface area contributed by atoms with Crippen LogP contribution >= 0.6 is 27.7 Å². The minimum atomic E-state index is -0.488. The normalized spacial score (nSPS) is 11.0. The highest BCUT2D eigenvalue weighted by molar-refractivity contribution is 9.10. The summed E-state index contributed by atoms with van der Waals surface area (Å²) >= 11 is 4.71. The molecule has 0 saturated carbocycles. The monoisotopic (exact) mass is 536 g/mol. The van der Waals surface area contributed by atoms with Gasteiger partial charge in [-0.3, -0.25) is 19.5 Å². The van der Waals surface area contributed by atoms with Gasteiger partial charge < -0.3 is 0 Å². The molecule has 34 heavy (non-hydrogen) atoms. The summed E-state index contributed by atoms with van der Waals surface area (Å²) in [5, 5.41) is 24.0. The summed E-state index contributed by atoms with van der Waals surface area (Å²) < 4.78 is 2.81. The Kier molecular flexibility index (Phi) is 7.45. The molecule has 1 N–H and O–H groups in total. The van der Waals surface area contributed by atoms with Crippen molar-refractivity contribution < 1.29 is 9.72 Å². The fourth-order valence-electron chi connectivity index (χ4n) is 3.05. The van der Waals surface area contributed by atoms with Crippen molar-refractivity contribution in [3.63, 3.8) is 0 Å². The van der Waals surface area contributed by atoms with Crippen LogP contribution in [0.5, 0.6) is 0 Å².